The lowest BCUT2D eigenvalue weighted by Gasteiger charge is -2.10. The second kappa shape index (κ2) is 4.67. The Morgan fingerprint density at radius 3 is 2.86 bits per heavy atom. The summed E-state index contributed by atoms with van der Waals surface area (Å²) in [6, 6.07) is 5.17. The van der Waals surface area contributed by atoms with Gasteiger partial charge in [0.05, 0.1) is 13.2 Å². The molecule has 1 unspecified atom stereocenters. The average Bonchev–Trinajstić information content (AvgIpc) is 2.21. The number of aromatic hydroxyl groups is 1. The smallest absolute Gasteiger partial charge is 0.161 e. The molecule has 3 nitrogen and oxygen atoms in total. The Balaban J connectivity index is 2.91. The number of phenols is 1. The van der Waals surface area contributed by atoms with Crippen molar-refractivity contribution in [1.29, 1.82) is 0 Å². The summed E-state index contributed by atoms with van der Waals surface area (Å²) in [5.41, 5.74) is 0.650. The van der Waals surface area contributed by atoms with Crippen molar-refractivity contribution >= 4 is 0 Å². The molecule has 0 amide bonds. The van der Waals surface area contributed by atoms with Crippen LogP contribution in [0.15, 0.2) is 30.9 Å². The van der Waals surface area contributed by atoms with Crippen LogP contribution in [0.3, 0.4) is 0 Å². The summed E-state index contributed by atoms with van der Waals surface area (Å²) in [5.74, 6) is 0.495. The SMILES string of the molecule is C=CC(O)Cc1cccc(OC)c1O. The summed E-state index contributed by atoms with van der Waals surface area (Å²) in [5, 5.41) is 19.0. The van der Waals surface area contributed by atoms with Gasteiger partial charge in [-0.2, -0.15) is 0 Å². The van der Waals surface area contributed by atoms with Gasteiger partial charge >= 0.3 is 0 Å². The highest BCUT2D eigenvalue weighted by Gasteiger charge is 2.09. The van der Waals surface area contributed by atoms with Crippen LogP contribution in [-0.2, 0) is 6.42 Å². The van der Waals surface area contributed by atoms with Crippen LogP contribution in [0.2, 0.25) is 0 Å². The predicted molar refractivity (Wildman–Crippen MR) is 54.6 cm³/mol. The topological polar surface area (TPSA) is 49.7 Å². The van der Waals surface area contributed by atoms with Crippen molar-refractivity contribution in [3.8, 4) is 11.5 Å². The standard InChI is InChI=1S/C11H14O3/c1-3-9(12)7-8-5-4-6-10(14-2)11(8)13/h3-6,9,12-13H,1,7H2,2H3. The number of aliphatic hydroxyl groups excluding tert-OH is 1. The van der Waals surface area contributed by atoms with Crippen LogP contribution in [-0.4, -0.2) is 23.4 Å². The predicted octanol–water partition coefficient (Wildman–Crippen LogP) is 1.49. The molecule has 0 heterocycles. The molecule has 0 aliphatic rings. The van der Waals surface area contributed by atoms with Crippen molar-refractivity contribution in [2.75, 3.05) is 7.11 Å². The van der Waals surface area contributed by atoms with Crippen LogP contribution >= 0.6 is 0 Å². The van der Waals surface area contributed by atoms with Crippen molar-refractivity contribution in [3.63, 3.8) is 0 Å². The van der Waals surface area contributed by atoms with Crippen LogP contribution in [0.4, 0.5) is 0 Å². The number of aliphatic hydroxyl groups is 1. The van der Waals surface area contributed by atoms with Crippen LogP contribution in [0.5, 0.6) is 11.5 Å². The first-order valence-electron chi connectivity index (χ1n) is 4.34. The molecule has 2 N–H and O–H groups in total. The Labute approximate surface area is 83.3 Å². The molecule has 0 bridgehead atoms. The Morgan fingerprint density at radius 1 is 1.57 bits per heavy atom. The summed E-state index contributed by atoms with van der Waals surface area (Å²) in [6.07, 6.45) is 1.12. The highest BCUT2D eigenvalue weighted by Crippen LogP contribution is 2.30. The molecule has 1 aromatic rings. The van der Waals surface area contributed by atoms with Gasteiger partial charge in [0.1, 0.15) is 0 Å². The van der Waals surface area contributed by atoms with E-state index in [4.69, 9.17) is 4.74 Å². The molecular weight excluding hydrogens is 180 g/mol. The molecule has 0 saturated carbocycles. The molecule has 0 radical (unpaired) electrons. The number of phenolic OH excluding ortho intramolecular Hbond substituents is 1. The van der Waals surface area contributed by atoms with E-state index in [1.54, 1.807) is 18.2 Å². The maximum atomic E-state index is 9.66. The Kier molecular flexibility index (Phi) is 3.54. The molecule has 3 heteroatoms. The molecule has 1 rings (SSSR count). The minimum atomic E-state index is -0.645. The van der Waals surface area contributed by atoms with E-state index in [1.807, 2.05) is 0 Å². The van der Waals surface area contributed by atoms with E-state index in [1.165, 1.54) is 13.2 Å². The highest BCUT2D eigenvalue weighted by molar-refractivity contribution is 5.45. The van der Waals surface area contributed by atoms with Gasteiger partial charge in [0.2, 0.25) is 0 Å². The first-order chi connectivity index (χ1) is 6.69. The summed E-state index contributed by atoms with van der Waals surface area (Å²) in [4.78, 5) is 0. The molecule has 1 atom stereocenters. The zero-order valence-corrected chi connectivity index (χ0v) is 8.10. The number of ether oxygens (including phenoxy) is 1. The van der Waals surface area contributed by atoms with Crippen molar-refractivity contribution in [2.24, 2.45) is 0 Å². The second-order valence-corrected chi connectivity index (χ2v) is 2.98. The van der Waals surface area contributed by atoms with E-state index in [2.05, 4.69) is 6.58 Å². The fourth-order valence-electron chi connectivity index (χ4n) is 1.21. The molecule has 0 saturated heterocycles. The van der Waals surface area contributed by atoms with Crippen molar-refractivity contribution in [2.45, 2.75) is 12.5 Å². The Hall–Kier alpha value is -1.48. The fraction of sp³-hybridized carbons (Fsp3) is 0.273. The molecular formula is C11H14O3. The van der Waals surface area contributed by atoms with Crippen LogP contribution in [0.1, 0.15) is 5.56 Å². The van der Waals surface area contributed by atoms with E-state index in [0.717, 1.165) is 0 Å². The number of methoxy groups -OCH3 is 1. The Morgan fingerprint density at radius 2 is 2.29 bits per heavy atom. The summed E-state index contributed by atoms with van der Waals surface area (Å²) >= 11 is 0. The van der Waals surface area contributed by atoms with Gasteiger partial charge in [0, 0.05) is 12.0 Å². The van der Waals surface area contributed by atoms with Crippen LogP contribution in [0.25, 0.3) is 0 Å². The second-order valence-electron chi connectivity index (χ2n) is 2.98. The molecule has 0 aliphatic carbocycles. The average molecular weight is 194 g/mol. The zero-order valence-electron chi connectivity index (χ0n) is 8.10. The van der Waals surface area contributed by atoms with Crippen molar-refractivity contribution in [1.82, 2.24) is 0 Å². The van der Waals surface area contributed by atoms with Gasteiger partial charge in [-0.05, 0) is 6.07 Å². The molecule has 76 valence electrons. The highest BCUT2D eigenvalue weighted by atomic mass is 16.5. The van der Waals surface area contributed by atoms with Crippen LogP contribution in [0, 0.1) is 0 Å². The fourth-order valence-corrected chi connectivity index (χ4v) is 1.21. The summed E-state index contributed by atoms with van der Waals surface area (Å²) in [7, 11) is 1.49. The third kappa shape index (κ3) is 2.26. The minimum Gasteiger partial charge on any atom is -0.504 e. The quantitative estimate of drug-likeness (QED) is 0.714. The van der Waals surface area contributed by atoms with Gasteiger partial charge in [0.15, 0.2) is 11.5 Å². The zero-order chi connectivity index (χ0) is 10.6. The summed E-state index contributed by atoms with van der Waals surface area (Å²) < 4.78 is 4.94. The molecule has 0 spiro atoms. The maximum absolute atomic E-state index is 9.66. The third-order valence-electron chi connectivity index (χ3n) is 2.00. The Bertz CT molecular complexity index is 320. The van der Waals surface area contributed by atoms with Gasteiger partial charge in [-0.25, -0.2) is 0 Å². The number of hydrogen-bond acceptors (Lipinski definition) is 3. The van der Waals surface area contributed by atoms with Gasteiger partial charge < -0.3 is 14.9 Å². The maximum Gasteiger partial charge on any atom is 0.161 e. The number of benzene rings is 1. The van der Waals surface area contributed by atoms with Gasteiger partial charge in [-0.15, -0.1) is 6.58 Å². The van der Waals surface area contributed by atoms with E-state index in [0.29, 0.717) is 17.7 Å². The lowest BCUT2D eigenvalue weighted by Crippen LogP contribution is -2.06. The lowest BCUT2D eigenvalue weighted by molar-refractivity contribution is 0.222. The van der Waals surface area contributed by atoms with Gasteiger partial charge in [0.25, 0.3) is 0 Å². The first-order valence-corrected chi connectivity index (χ1v) is 4.34. The monoisotopic (exact) mass is 194 g/mol. The van der Waals surface area contributed by atoms with E-state index >= 15 is 0 Å². The third-order valence-corrected chi connectivity index (χ3v) is 2.00. The van der Waals surface area contributed by atoms with Crippen molar-refractivity contribution < 1.29 is 14.9 Å². The molecule has 0 aliphatic heterocycles. The minimum absolute atomic E-state index is 0.0795. The molecule has 14 heavy (non-hydrogen) atoms. The normalized spacial score (nSPS) is 12.1. The summed E-state index contributed by atoms with van der Waals surface area (Å²) in [6.45, 7) is 3.47. The number of rotatable bonds is 4. The molecule has 0 aromatic heterocycles. The van der Waals surface area contributed by atoms with E-state index in [9.17, 15) is 10.2 Å². The molecule has 0 fully saturated rings. The molecule has 1 aromatic carbocycles. The largest absolute Gasteiger partial charge is 0.504 e. The number of para-hydroxylation sites is 1. The van der Waals surface area contributed by atoms with E-state index < -0.39 is 6.10 Å². The van der Waals surface area contributed by atoms with Gasteiger partial charge in [-0.3, -0.25) is 0 Å². The lowest BCUT2D eigenvalue weighted by atomic mass is 10.1. The van der Waals surface area contributed by atoms with Gasteiger partial charge in [-0.1, -0.05) is 18.2 Å². The first kappa shape index (κ1) is 10.6. The number of hydrogen-bond donors (Lipinski definition) is 2. The van der Waals surface area contributed by atoms with E-state index in [-0.39, 0.29) is 5.75 Å². The van der Waals surface area contributed by atoms with Crippen molar-refractivity contribution in [3.05, 3.63) is 36.4 Å². The van der Waals surface area contributed by atoms with Crippen LogP contribution < -0.4 is 4.74 Å².